The Labute approximate surface area is 143 Å². The Hall–Kier alpha value is -2.62. The van der Waals surface area contributed by atoms with Gasteiger partial charge in [-0.3, -0.25) is 9.59 Å². The third-order valence-electron chi connectivity index (χ3n) is 3.81. The van der Waals surface area contributed by atoms with E-state index < -0.39 is 0 Å². The molecule has 0 heterocycles. The van der Waals surface area contributed by atoms with E-state index in [1.165, 1.54) is 12.5 Å². The minimum absolute atomic E-state index is 0.0161. The number of carbonyl (C=O) groups excluding carboxylic acids is 2. The van der Waals surface area contributed by atoms with E-state index in [1.807, 2.05) is 12.1 Å². The normalized spacial score (nSPS) is 10.5. The van der Waals surface area contributed by atoms with Crippen molar-refractivity contribution in [2.45, 2.75) is 33.1 Å². The molecule has 4 heteroatoms. The van der Waals surface area contributed by atoms with Crippen LogP contribution >= 0.6 is 0 Å². The minimum atomic E-state index is -0.0815. The molecule has 4 nitrogen and oxygen atoms in total. The second-order valence-electron chi connectivity index (χ2n) is 6.14. The fraction of sp³-hybridized carbons (Fsp3) is 0.300. The molecule has 0 aromatic heterocycles. The topological polar surface area (TPSA) is 58.2 Å². The number of rotatable bonds is 7. The van der Waals surface area contributed by atoms with Crippen molar-refractivity contribution in [3.63, 3.8) is 0 Å². The summed E-state index contributed by atoms with van der Waals surface area (Å²) in [5.74, 6) is 0.412. The molecule has 0 aliphatic heterocycles. The molecule has 0 saturated carbocycles. The van der Waals surface area contributed by atoms with E-state index in [1.54, 1.807) is 24.3 Å². The molecule has 0 unspecified atom stereocenters. The zero-order chi connectivity index (χ0) is 17.5. The zero-order valence-electron chi connectivity index (χ0n) is 14.4. The molecule has 0 radical (unpaired) electrons. The van der Waals surface area contributed by atoms with Crippen LogP contribution in [0.2, 0.25) is 0 Å². The number of nitrogens with one attached hydrogen (secondary N) is 2. The maximum absolute atomic E-state index is 12.0. The van der Waals surface area contributed by atoms with Crippen molar-refractivity contribution in [1.29, 1.82) is 0 Å². The number of Topliss-reactive ketones (excluding diaryl/α,β-unsaturated/α-hetero) is 1. The van der Waals surface area contributed by atoms with Crippen molar-refractivity contribution in [2.24, 2.45) is 0 Å². The fourth-order valence-electron chi connectivity index (χ4n) is 2.35. The van der Waals surface area contributed by atoms with Crippen molar-refractivity contribution >= 4 is 23.1 Å². The van der Waals surface area contributed by atoms with Crippen LogP contribution in [0.25, 0.3) is 0 Å². The van der Waals surface area contributed by atoms with Crippen LogP contribution in [0.3, 0.4) is 0 Å². The van der Waals surface area contributed by atoms with Crippen LogP contribution in [0, 0.1) is 0 Å². The standard InChI is InChI=1S/C20H24N2O2/c1-14(2)16-7-9-18(10-8-16)21-12-11-20(24)22-19-6-4-5-17(13-19)15(3)23/h4-10,13-14,21H,11-12H2,1-3H3,(H,22,24). The van der Waals surface area contributed by atoms with Crippen molar-refractivity contribution < 1.29 is 9.59 Å². The monoisotopic (exact) mass is 324 g/mol. The van der Waals surface area contributed by atoms with E-state index >= 15 is 0 Å². The third kappa shape index (κ3) is 5.23. The summed E-state index contributed by atoms with van der Waals surface area (Å²) in [4.78, 5) is 23.3. The van der Waals surface area contributed by atoms with Crippen LogP contribution in [0.1, 0.15) is 49.0 Å². The van der Waals surface area contributed by atoms with Crippen LogP contribution < -0.4 is 10.6 Å². The highest BCUT2D eigenvalue weighted by Crippen LogP contribution is 2.17. The van der Waals surface area contributed by atoms with Gasteiger partial charge in [0.2, 0.25) is 5.91 Å². The summed E-state index contributed by atoms with van der Waals surface area (Å²) in [5, 5.41) is 6.06. The Morgan fingerprint density at radius 2 is 1.71 bits per heavy atom. The highest BCUT2D eigenvalue weighted by Gasteiger charge is 2.05. The van der Waals surface area contributed by atoms with Crippen LogP contribution in [-0.2, 0) is 4.79 Å². The van der Waals surface area contributed by atoms with E-state index in [4.69, 9.17) is 0 Å². The van der Waals surface area contributed by atoms with E-state index in [0.717, 1.165) is 5.69 Å². The largest absolute Gasteiger partial charge is 0.385 e. The first-order chi connectivity index (χ1) is 11.5. The summed E-state index contributed by atoms with van der Waals surface area (Å²) in [7, 11) is 0. The van der Waals surface area contributed by atoms with Gasteiger partial charge < -0.3 is 10.6 Å². The van der Waals surface area contributed by atoms with Gasteiger partial charge in [-0.1, -0.05) is 38.1 Å². The van der Waals surface area contributed by atoms with Gasteiger partial charge in [0.25, 0.3) is 0 Å². The maximum atomic E-state index is 12.0. The number of carbonyl (C=O) groups is 2. The SMILES string of the molecule is CC(=O)c1cccc(NC(=O)CCNc2ccc(C(C)C)cc2)c1. The molecule has 0 atom stereocenters. The fourth-order valence-corrected chi connectivity index (χ4v) is 2.35. The number of anilines is 2. The maximum Gasteiger partial charge on any atom is 0.226 e. The smallest absolute Gasteiger partial charge is 0.226 e. The first-order valence-corrected chi connectivity index (χ1v) is 8.20. The number of amides is 1. The molecule has 0 fully saturated rings. The van der Waals surface area contributed by atoms with Crippen molar-refractivity contribution in [3.05, 3.63) is 59.7 Å². The Bertz CT molecular complexity index is 706. The molecule has 2 rings (SSSR count). The van der Waals surface area contributed by atoms with Crippen molar-refractivity contribution in [2.75, 3.05) is 17.2 Å². The van der Waals surface area contributed by atoms with Crippen LogP contribution in [0.4, 0.5) is 11.4 Å². The van der Waals surface area contributed by atoms with Crippen molar-refractivity contribution in [3.8, 4) is 0 Å². The number of hydrogen-bond donors (Lipinski definition) is 2. The summed E-state index contributed by atoms with van der Waals surface area (Å²) in [6.45, 7) is 6.39. The second kappa shape index (κ2) is 8.29. The van der Waals surface area contributed by atoms with Gasteiger partial charge in [-0.25, -0.2) is 0 Å². The summed E-state index contributed by atoms with van der Waals surface area (Å²) >= 11 is 0. The van der Waals surface area contributed by atoms with E-state index in [9.17, 15) is 9.59 Å². The average molecular weight is 324 g/mol. The molecule has 0 aliphatic rings. The molecule has 126 valence electrons. The summed E-state index contributed by atoms with van der Waals surface area (Å²) in [6, 6.07) is 15.2. The summed E-state index contributed by atoms with van der Waals surface area (Å²) in [5.41, 5.74) is 3.54. The van der Waals surface area contributed by atoms with Crippen molar-refractivity contribution in [1.82, 2.24) is 0 Å². The molecule has 0 spiro atoms. The summed E-state index contributed by atoms with van der Waals surface area (Å²) < 4.78 is 0. The molecule has 2 aromatic carbocycles. The lowest BCUT2D eigenvalue weighted by Crippen LogP contribution is -2.16. The van der Waals surface area contributed by atoms with Gasteiger partial charge in [-0.2, -0.15) is 0 Å². The Balaban J connectivity index is 1.81. The Kier molecular flexibility index (Phi) is 6.13. The van der Waals surface area contributed by atoms with Gasteiger partial charge >= 0.3 is 0 Å². The first-order valence-electron chi connectivity index (χ1n) is 8.20. The lowest BCUT2D eigenvalue weighted by Gasteiger charge is -2.10. The molecule has 0 aliphatic carbocycles. The molecular formula is C20H24N2O2. The number of ketones is 1. The predicted molar refractivity (Wildman–Crippen MR) is 98.7 cm³/mol. The quantitative estimate of drug-likeness (QED) is 0.740. The lowest BCUT2D eigenvalue weighted by molar-refractivity contribution is -0.115. The van der Waals surface area contributed by atoms with E-state index in [-0.39, 0.29) is 11.7 Å². The van der Waals surface area contributed by atoms with Gasteiger partial charge in [-0.05, 0) is 42.7 Å². The van der Waals surface area contributed by atoms with Crippen LogP contribution in [0.5, 0.6) is 0 Å². The van der Waals surface area contributed by atoms with Gasteiger partial charge in [0.15, 0.2) is 5.78 Å². The lowest BCUT2D eigenvalue weighted by atomic mass is 10.0. The van der Waals surface area contributed by atoms with Gasteiger partial charge in [0.1, 0.15) is 0 Å². The number of benzene rings is 2. The molecule has 24 heavy (non-hydrogen) atoms. The van der Waals surface area contributed by atoms with Gasteiger partial charge in [0, 0.05) is 29.9 Å². The highest BCUT2D eigenvalue weighted by molar-refractivity contribution is 5.97. The second-order valence-corrected chi connectivity index (χ2v) is 6.14. The molecule has 0 saturated heterocycles. The third-order valence-corrected chi connectivity index (χ3v) is 3.81. The van der Waals surface area contributed by atoms with Gasteiger partial charge in [-0.15, -0.1) is 0 Å². The van der Waals surface area contributed by atoms with E-state index in [2.05, 4.69) is 36.6 Å². The predicted octanol–water partition coefficient (Wildman–Crippen LogP) is 4.45. The molecule has 2 aromatic rings. The van der Waals surface area contributed by atoms with Crippen LogP contribution in [-0.4, -0.2) is 18.2 Å². The van der Waals surface area contributed by atoms with Gasteiger partial charge in [0.05, 0.1) is 0 Å². The van der Waals surface area contributed by atoms with E-state index in [0.29, 0.717) is 30.1 Å². The first kappa shape index (κ1) is 17.7. The molecular weight excluding hydrogens is 300 g/mol. The highest BCUT2D eigenvalue weighted by atomic mass is 16.1. The Morgan fingerprint density at radius 3 is 2.33 bits per heavy atom. The summed E-state index contributed by atoms with van der Waals surface area (Å²) in [6.07, 6.45) is 0.357. The minimum Gasteiger partial charge on any atom is -0.385 e. The molecule has 2 N–H and O–H groups in total. The van der Waals surface area contributed by atoms with Crippen LogP contribution in [0.15, 0.2) is 48.5 Å². The average Bonchev–Trinajstić information content (AvgIpc) is 2.55. The molecule has 0 bridgehead atoms. The number of hydrogen-bond acceptors (Lipinski definition) is 3. The Morgan fingerprint density at radius 1 is 1.00 bits per heavy atom. The molecule has 1 amide bonds. The zero-order valence-corrected chi connectivity index (χ0v) is 14.4.